The van der Waals surface area contributed by atoms with Crippen molar-refractivity contribution in [1.29, 1.82) is 0 Å². The van der Waals surface area contributed by atoms with Gasteiger partial charge in [-0.3, -0.25) is 5.32 Å². The van der Waals surface area contributed by atoms with Crippen LogP contribution >= 0.6 is 11.3 Å². The first-order valence-corrected chi connectivity index (χ1v) is 7.54. The van der Waals surface area contributed by atoms with Crippen LogP contribution in [0.2, 0.25) is 0 Å². The number of carbonyl (C=O) groups excluding carboxylic acids is 1. The van der Waals surface area contributed by atoms with E-state index in [2.05, 4.69) is 34.4 Å². The van der Waals surface area contributed by atoms with Gasteiger partial charge in [0.1, 0.15) is 0 Å². The highest BCUT2D eigenvalue weighted by Crippen LogP contribution is 2.25. The van der Waals surface area contributed by atoms with E-state index in [1.807, 2.05) is 30.5 Å². The Hall–Kier alpha value is -2.34. The summed E-state index contributed by atoms with van der Waals surface area (Å²) in [6.45, 7) is 4.20. The second kappa shape index (κ2) is 5.57. The van der Waals surface area contributed by atoms with Crippen LogP contribution in [0.15, 0.2) is 36.7 Å². The highest BCUT2D eigenvalue weighted by molar-refractivity contribution is 7.15. The van der Waals surface area contributed by atoms with Gasteiger partial charge < -0.3 is 10.3 Å². The molecule has 108 valence electrons. The Morgan fingerprint density at radius 1 is 1.29 bits per heavy atom. The molecule has 2 amide bonds. The van der Waals surface area contributed by atoms with E-state index >= 15 is 0 Å². The maximum atomic E-state index is 12.0. The first kappa shape index (κ1) is 13.6. The molecule has 0 saturated carbocycles. The molecule has 3 aromatic rings. The van der Waals surface area contributed by atoms with E-state index in [1.54, 1.807) is 6.20 Å². The van der Waals surface area contributed by atoms with Crippen LogP contribution in [-0.2, 0) is 0 Å². The quantitative estimate of drug-likeness (QED) is 0.671. The molecule has 0 bridgehead atoms. The Bertz CT molecular complexity index is 775. The number of fused-ring (bicyclic) bond motifs is 1. The normalized spacial score (nSPS) is 11.0. The molecule has 2 aromatic heterocycles. The number of aromatic nitrogens is 2. The van der Waals surface area contributed by atoms with E-state index < -0.39 is 0 Å². The molecule has 5 nitrogen and oxygen atoms in total. The number of amides is 2. The highest BCUT2D eigenvalue weighted by atomic mass is 32.1. The second-order valence-electron chi connectivity index (χ2n) is 5.08. The largest absolute Gasteiger partial charge is 0.361 e. The molecule has 0 fully saturated rings. The SMILES string of the molecule is CC(C)c1cnc(NC(=O)Nc2ccc3cc[nH]c3c2)s1. The van der Waals surface area contributed by atoms with Crippen molar-refractivity contribution in [2.24, 2.45) is 0 Å². The van der Waals surface area contributed by atoms with Crippen molar-refractivity contribution in [2.75, 3.05) is 10.6 Å². The molecule has 2 heterocycles. The summed E-state index contributed by atoms with van der Waals surface area (Å²) in [4.78, 5) is 20.4. The number of anilines is 2. The number of rotatable bonds is 3. The summed E-state index contributed by atoms with van der Waals surface area (Å²) in [5, 5.41) is 7.28. The predicted molar refractivity (Wildman–Crippen MR) is 87.1 cm³/mol. The molecule has 21 heavy (non-hydrogen) atoms. The monoisotopic (exact) mass is 300 g/mol. The lowest BCUT2D eigenvalue weighted by molar-refractivity contribution is 0.262. The van der Waals surface area contributed by atoms with Crippen LogP contribution < -0.4 is 10.6 Å². The lowest BCUT2D eigenvalue weighted by Crippen LogP contribution is -2.19. The van der Waals surface area contributed by atoms with Crippen molar-refractivity contribution in [3.63, 3.8) is 0 Å². The van der Waals surface area contributed by atoms with Crippen molar-refractivity contribution >= 4 is 39.1 Å². The molecule has 3 rings (SSSR count). The molecule has 1 aromatic carbocycles. The molecule has 0 saturated heterocycles. The number of thiazole rings is 1. The summed E-state index contributed by atoms with van der Waals surface area (Å²) in [7, 11) is 0. The number of carbonyl (C=O) groups is 1. The zero-order valence-corrected chi connectivity index (χ0v) is 12.6. The first-order valence-electron chi connectivity index (χ1n) is 6.72. The van der Waals surface area contributed by atoms with E-state index in [1.165, 1.54) is 11.3 Å². The average molecular weight is 300 g/mol. The lowest BCUT2D eigenvalue weighted by Gasteiger charge is -2.05. The molecule has 3 N–H and O–H groups in total. The van der Waals surface area contributed by atoms with Gasteiger partial charge in [-0.15, -0.1) is 11.3 Å². The Morgan fingerprint density at radius 3 is 2.90 bits per heavy atom. The molecule has 0 aliphatic heterocycles. The van der Waals surface area contributed by atoms with Crippen molar-refractivity contribution < 1.29 is 4.79 Å². The van der Waals surface area contributed by atoms with Gasteiger partial charge in [0.05, 0.1) is 0 Å². The minimum absolute atomic E-state index is 0.287. The van der Waals surface area contributed by atoms with Gasteiger partial charge >= 0.3 is 6.03 Å². The summed E-state index contributed by atoms with van der Waals surface area (Å²) in [5.41, 5.74) is 1.73. The van der Waals surface area contributed by atoms with Crippen LogP contribution in [0.4, 0.5) is 15.6 Å². The van der Waals surface area contributed by atoms with Gasteiger partial charge in [0.2, 0.25) is 0 Å². The number of H-pyrrole nitrogens is 1. The van der Waals surface area contributed by atoms with Gasteiger partial charge in [0.25, 0.3) is 0 Å². The smallest absolute Gasteiger partial charge is 0.325 e. The zero-order valence-electron chi connectivity index (χ0n) is 11.8. The van der Waals surface area contributed by atoms with Gasteiger partial charge in [-0.05, 0) is 29.5 Å². The van der Waals surface area contributed by atoms with Crippen LogP contribution in [0.1, 0.15) is 24.6 Å². The van der Waals surface area contributed by atoms with Crippen LogP contribution in [0, 0.1) is 0 Å². The molecule has 0 atom stereocenters. The fourth-order valence-corrected chi connectivity index (χ4v) is 2.81. The number of aromatic amines is 1. The Kier molecular flexibility index (Phi) is 3.62. The third-order valence-electron chi connectivity index (χ3n) is 3.13. The number of nitrogens with zero attached hydrogens (tertiary/aromatic N) is 1. The van der Waals surface area contributed by atoms with Crippen LogP contribution in [0.5, 0.6) is 0 Å². The van der Waals surface area contributed by atoms with E-state index in [0.717, 1.165) is 21.5 Å². The molecule has 0 unspecified atom stereocenters. The Morgan fingerprint density at radius 2 is 2.14 bits per heavy atom. The molecule has 0 aliphatic carbocycles. The third kappa shape index (κ3) is 3.05. The van der Waals surface area contributed by atoms with Crippen LogP contribution in [-0.4, -0.2) is 16.0 Å². The lowest BCUT2D eigenvalue weighted by atomic mass is 10.2. The number of nitrogens with one attached hydrogen (secondary N) is 3. The second-order valence-corrected chi connectivity index (χ2v) is 6.14. The number of hydrogen-bond acceptors (Lipinski definition) is 3. The number of urea groups is 1. The minimum Gasteiger partial charge on any atom is -0.361 e. The third-order valence-corrected chi connectivity index (χ3v) is 4.34. The van der Waals surface area contributed by atoms with E-state index in [0.29, 0.717) is 11.0 Å². The van der Waals surface area contributed by atoms with Gasteiger partial charge in [0, 0.05) is 28.5 Å². The molecule has 6 heteroatoms. The standard InChI is InChI=1S/C15H16N4OS/c1-9(2)13-8-17-15(21-13)19-14(20)18-11-4-3-10-5-6-16-12(10)7-11/h3-9,16H,1-2H3,(H2,17,18,19,20). The fraction of sp³-hybridized carbons (Fsp3) is 0.200. The Balaban J connectivity index is 1.67. The number of hydrogen-bond donors (Lipinski definition) is 3. The molecular weight excluding hydrogens is 284 g/mol. The molecule has 0 radical (unpaired) electrons. The van der Waals surface area contributed by atoms with Crippen molar-refractivity contribution in [1.82, 2.24) is 9.97 Å². The fourth-order valence-electron chi connectivity index (χ4n) is 2.00. The van der Waals surface area contributed by atoms with E-state index in [4.69, 9.17) is 0 Å². The van der Waals surface area contributed by atoms with Crippen LogP contribution in [0.25, 0.3) is 10.9 Å². The van der Waals surface area contributed by atoms with Crippen molar-refractivity contribution in [2.45, 2.75) is 19.8 Å². The summed E-state index contributed by atoms with van der Waals surface area (Å²) < 4.78 is 0. The summed E-state index contributed by atoms with van der Waals surface area (Å²) >= 11 is 1.49. The summed E-state index contributed by atoms with van der Waals surface area (Å²) in [5.74, 6) is 0.413. The van der Waals surface area contributed by atoms with Crippen molar-refractivity contribution in [3.05, 3.63) is 41.5 Å². The Labute approximate surface area is 126 Å². The molecule has 0 aliphatic rings. The topological polar surface area (TPSA) is 69.8 Å². The van der Waals surface area contributed by atoms with E-state index in [-0.39, 0.29) is 6.03 Å². The maximum absolute atomic E-state index is 12.0. The predicted octanol–water partition coefficient (Wildman–Crippen LogP) is 4.39. The molecule has 0 spiro atoms. The van der Waals surface area contributed by atoms with Gasteiger partial charge in [-0.1, -0.05) is 19.9 Å². The first-order chi connectivity index (χ1) is 10.1. The number of benzene rings is 1. The summed E-state index contributed by atoms with van der Waals surface area (Å²) in [6, 6.07) is 7.43. The van der Waals surface area contributed by atoms with Crippen molar-refractivity contribution in [3.8, 4) is 0 Å². The average Bonchev–Trinajstić information content (AvgIpc) is 3.06. The maximum Gasteiger partial charge on any atom is 0.325 e. The van der Waals surface area contributed by atoms with Gasteiger partial charge in [-0.2, -0.15) is 0 Å². The van der Waals surface area contributed by atoms with Crippen LogP contribution in [0.3, 0.4) is 0 Å². The summed E-state index contributed by atoms with van der Waals surface area (Å²) in [6.07, 6.45) is 3.67. The minimum atomic E-state index is -0.287. The van der Waals surface area contributed by atoms with Gasteiger partial charge in [0.15, 0.2) is 5.13 Å². The van der Waals surface area contributed by atoms with E-state index in [9.17, 15) is 4.79 Å². The highest BCUT2D eigenvalue weighted by Gasteiger charge is 2.09. The molecular formula is C15H16N4OS. The zero-order chi connectivity index (χ0) is 14.8. The van der Waals surface area contributed by atoms with Gasteiger partial charge in [-0.25, -0.2) is 9.78 Å².